The van der Waals surface area contributed by atoms with Crippen molar-refractivity contribution in [1.82, 2.24) is 9.34 Å². The molecule has 0 aliphatic carbocycles. The molecule has 11 heavy (non-hydrogen) atoms. The monoisotopic (exact) mass is 174 g/mol. The van der Waals surface area contributed by atoms with E-state index < -0.39 is 7.44 Å². The van der Waals surface area contributed by atoms with Gasteiger partial charge in [0.25, 0.3) is 0 Å². The molecule has 0 amide bonds. The molecule has 0 saturated carbocycles. The molecule has 1 rings (SSSR count). The molecule has 0 radical (unpaired) electrons. The zero-order valence-electron chi connectivity index (χ0n) is 7.32. The van der Waals surface area contributed by atoms with Gasteiger partial charge in [0.1, 0.15) is 0 Å². The van der Waals surface area contributed by atoms with Crippen LogP contribution in [0.5, 0.6) is 0 Å². The highest BCUT2D eigenvalue weighted by Gasteiger charge is 2.34. The predicted octanol–water partition coefficient (Wildman–Crippen LogP) is 1.59. The Morgan fingerprint density at radius 2 is 1.73 bits per heavy atom. The van der Waals surface area contributed by atoms with Gasteiger partial charge in [-0.25, -0.2) is 9.34 Å². The standard InChI is InChI=1S/C7H15N2OP/c1-4-7-11(10)8(2)5-6-9(11)3/h4,7H,5-6H2,1-3H3. The van der Waals surface area contributed by atoms with Crippen molar-refractivity contribution in [3.8, 4) is 0 Å². The SMILES string of the molecule is CC=CP1(=O)N(C)CCN1C. The first-order valence-electron chi connectivity index (χ1n) is 3.78. The van der Waals surface area contributed by atoms with Crippen molar-refractivity contribution >= 4 is 7.44 Å². The van der Waals surface area contributed by atoms with Crippen LogP contribution < -0.4 is 0 Å². The molecule has 64 valence electrons. The molecule has 1 aliphatic heterocycles. The minimum Gasteiger partial charge on any atom is -0.284 e. The number of rotatable bonds is 1. The van der Waals surface area contributed by atoms with Crippen LogP contribution in [0.15, 0.2) is 11.9 Å². The third-order valence-corrected chi connectivity index (χ3v) is 5.11. The maximum absolute atomic E-state index is 12.0. The van der Waals surface area contributed by atoms with Crippen molar-refractivity contribution in [1.29, 1.82) is 0 Å². The van der Waals surface area contributed by atoms with E-state index in [1.165, 1.54) is 0 Å². The summed E-state index contributed by atoms with van der Waals surface area (Å²) in [6, 6.07) is 0. The normalized spacial score (nSPS) is 26.8. The Labute approximate surface area is 68.2 Å². The molecule has 0 spiro atoms. The highest BCUT2D eigenvalue weighted by atomic mass is 31.2. The summed E-state index contributed by atoms with van der Waals surface area (Å²) in [5.41, 5.74) is 0. The molecule has 0 aromatic heterocycles. The fraction of sp³-hybridized carbons (Fsp3) is 0.714. The Bertz CT molecular complexity index is 200. The van der Waals surface area contributed by atoms with E-state index in [9.17, 15) is 4.57 Å². The summed E-state index contributed by atoms with van der Waals surface area (Å²) in [6.07, 6.45) is 1.86. The molecule has 0 aromatic rings. The smallest absolute Gasteiger partial charge is 0.237 e. The second-order valence-corrected chi connectivity index (χ2v) is 5.68. The average Bonchev–Trinajstić information content (AvgIpc) is 2.19. The van der Waals surface area contributed by atoms with Crippen LogP contribution in [0.25, 0.3) is 0 Å². The summed E-state index contributed by atoms with van der Waals surface area (Å²) in [7, 11) is 1.55. The van der Waals surface area contributed by atoms with E-state index in [1.54, 1.807) is 5.82 Å². The molecule has 3 nitrogen and oxygen atoms in total. The first-order valence-corrected chi connectivity index (χ1v) is 5.46. The third kappa shape index (κ3) is 1.41. The first-order chi connectivity index (χ1) is 5.11. The van der Waals surface area contributed by atoms with Gasteiger partial charge in [0.2, 0.25) is 7.44 Å². The van der Waals surface area contributed by atoms with Crippen LogP contribution in [0.1, 0.15) is 6.92 Å². The van der Waals surface area contributed by atoms with E-state index in [0.717, 1.165) is 13.1 Å². The lowest BCUT2D eigenvalue weighted by Crippen LogP contribution is -2.10. The maximum Gasteiger partial charge on any atom is 0.237 e. The highest BCUT2D eigenvalue weighted by molar-refractivity contribution is 7.62. The lowest BCUT2D eigenvalue weighted by atomic mass is 10.6. The van der Waals surface area contributed by atoms with E-state index in [-0.39, 0.29) is 0 Å². The molecule has 0 unspecified atom stereocenters. The second-order valence-electron chi connectivity index (χ2n) is 2.83. The first kappa shape index (κ1) is 8.98. The van der Waals surface area contributed by atoms with Crippen molar-refractivity contribution in [3.63, 3.8) is 0 Å². The van der Waals surface area contributed by atoms with Crippen LogP contribution in [0.2, 0.25) is 0 Å². The van der Waals surface area contributed by atoms with Crippen LogP contribution in [0.3, 0.4) is 0 Å². The molecule has 0 atom stereocenters. The van der Waals surface area contributed by atoms with E-state index in [1.807, 2.05) is 36.4 Å². The van der Waals surface area contributed by atoms with Gasteiger partial charge in [-0.3, -0.25) is 4.57 Å². The maximum atomic E-state index is 12.0. The number of allylic oxidation sites excluding steroid dienone is 1. The van der Waals surface area contributed by atoms with Crippen LogP contribution in [-0.2, 0) is 4.57 Å². The summed E-state index contributed by atoms with van der Waals surface area (Å²) in [5.74, 6) is 1.81. The molecule has 1 fully saturated rings. The van der Waals surface area contributed by atoms with Gasteiger partial charge >= 0.3 is 0 Å². The van der Waals surface area contributed by atoms with Crippen LogP contribution >= 0.6 is 7.44 Å². The minimum atomic E-state index is -2.27. The van der Waals surface area contributed by atoms with Gasteiger partial charge in [0.15, 0.2) is 0 Å². The Morgan fingerprint density at radius 3 is 2.09 bits per heavy atom. The van der Waals surface area contributed by atoms with Gasteiger partial charge in [-0.1, -0.05) is 6.08 Å². The van der Waals surface area contributed by atoms with Gasteiger partial charge in [-0.15, -0.1) is 0 Å². The minimum absolute atomic E-state index is 0.901. The van der Waals surface area contributed by atoms with E-state index in [2.05, 4.69) is 0 Å². The van der Waals surface area contributed by atoms with Crippen LogP contribution in [-0.4, -0.2) is 36.5 Å². The number of hydrogen-bond acceptors (Lipinski definition) is 1. The van der Waals surface area contributed by atoms with E-state index in [4.69, 9.17) is 0 Å². The second kappa shape index (κ2) is 3.10. The summed E-state index contributed by atoms with van der Waals surface area (Å²) in [6.45, 7) is 3.70. The Hall–Kier alpha value is -0.110. The molecule has 1 saturated heterocycles. The van der Waals surface area contributed by atoms with Gasteiger partial charge < -0.3 is 0 Å². The summed E-state index contributed by atoms with van der Waals surface area (Å²) >= 11 is 0. The van der Waals surface area contributed by atoms with Crippen molar-refractivity contribution in [2.45, 2.75) is 6.92 Å². The van der Waals surface area contributed by atoms with Crippen molar-refractivity contribution in [2.24, 2.45) is 0 Å². The fourth-order valence-corrected chi connectivity index (χ4v) is 3.38. The van der Waals surface area contributed by atoms with Crippen LogP contribution in [0.4, 0.5) is 0 Å². The molecule has 0 bridgehead atoms. The molecule has 0 N–H and O–H groups in total. The zero-order chi connectivity index (χ0) is 8.48. The summed E-state index contributed by atoms with van der Waals surface area (Å²) in [5, 5.41) is 0. The van der Waals surface area contributed by atoms with Crippen LogP contribution in [0, 0.1) is 0 Å². The molecule has 1 aliphatic rings. The van der Waals surface area contributed by atoms with Crippen molar-refractivity contribution in [3.05, 3.63) is 11.9 Å². The Balaban J connectivity index is 2.89. The highest BCUT2D eigenvalue weighted by Crippen LogP contribution is 2.55. The molecule has 0 aromatic carbocycles. The Kier molecular flexibility index (Phi) is 2.53. The van der Waals surface area contributed by atoms with Gasteiger partial charge in [-0.2, -0.15) is 0 Å². The lowest BCUT2D eigenvalue weighted by Gasteiger charge is -2.21. The van der Waals surface area contributed by atoms with E-state index >= 15 is 0 Å². The summed E-state index contributed by atoms with van der Waals surface area (Å²) in [4.78, 5) is 0. The lowest BCUT2D eigenvalue weighted by molar-refractivity contribution is 0.500. The number of likely N-dealkylation sites (N-methyl/N-ethyl adjacent to an activating group) is 2. The van der Waals surface area contributed by atoms with Gasteiger partial charge in [-0.05, 0) is 26.8 Å². The van der Waals surface area contributed by atoms with Crippen molar-refractivity contribution < 1.29 is 4.57 Å². The molecule has 1 heterocycles. The van der Waals surface area contributed by atoms with E-state index in [0.29, 0.717) is 0 Å². The molecule has 4 heteroatoms. The fourth-order valence-electron chi connectivity index (χ4n) is 1.26. The quantitative estimate of drug-likeness (QED) is 0.564. The predicted molar refractivity (Wildman–Crippen MR) is 47.7 cm³/mol. The topological polar surface area (TPSA) is 23.6 Å². The number of nitrogens with zero attached hydrogens (tertiary/aromatic N) is 2. The van der Waals surface area contributed by atoms with Crippen molar-refractivity contribution in [2.75, 3.05) is 27.2 Å². The average molecular weight is 174 g/mol. The zero-order valence-corrected chi connectivity index (χ0v) is 8.21. The number of hydrogen-bond donors (Lipinski definition) is 0. The third-order valence-electron chi connectivity index (χ3n) is 2.07. The Morgan fingerprint density at radius 1 is 1.27 bits per heavy atom. The summed E-state index contributed by atoms with van der Waals surface area (Å²) < 4.78 is 15.9. The largest absolute Gasteiger partial charge is 0.284 e. The van der Waals surface area contributed by atoms with Gasteiger partial charge in [0, 0.05) is 13.1 Å². The molecular weight excluding hydrogens is 159 g/mol. The molecular formula is C7H15N2OP. The van der Waals surface area contributed by atoms with Gasteiger partial charge in [0.05, 0.1) is 0 Å².